The molecule has 0 aliphatic rings. The van der Waals surface area contributed by atoms with Crippen molar-refractivity contribution < 1.29 is 8.83 Å². The summed E-state index contributed by atoms with van der Waals surface area (Å²) in [5, 5.41) is 9.43. The topological polar surface area (TPSA) is 29.5 Å². The van der Waals surface area contributed by atoms with E-state index in [1.165, 1.54) is 36.7 Å². The van der Waals surface area contributed by atoms with E-state index < -0.39 is 0 Å². The zero-order valence-corrected chi connectivity index (χ0v) is 30.9. The normalized spacial score (nSPS) is 11.9. The molecule has 3 nitrogen and oxygen atoms in total. The number of anilines is 3. The van der Waals surface area contributed by atoms with Gasteiger partial charge in [-0.15, -0.1) is 11.3 Å². The second kappa shape index (κ2) is 12.2. The molecule has 0 aliphatic heterocycles. The molecule has 3 aromatic heterocycles. The van der Waals surface area contributed by atoms with E-state index >= 15 is 0 Å². The Morgan fingerprint density at radius 3 is 1.82 bits per heavy atom. The molecule has 4 heteroatoms. The molecule has 0 aliphatic carbocycles. The van der Waals surface area contributed by atoms with Crippen LogP contribution in [0.3, 0.4) is 0 Å². The smallest absolute Gasteiger partial charge is 0.143 e. The monoisotopic (exact) mass is 733 g/mol. The van der Waals surface area contributed by atoms with Gasteiger partial charge in [0.25, 0.3) is 0 Å². The molecule has 0 N–H and O–H groups in total. The molecule has 56 heavy (non-hydrogen) atoms. The van der Waals surface area contributed by atoms with Gasteiger partial charge in [0.05, 0.1) is 0 Å². The zero-order valence-electron chi connectivity index (χ0n) is 30.1. The lowest BCUT2D eigenvalue weighted by Crippen LogP contribution is -2.09. The number of benzene rings is 9. The van der Waals surface area contributed by atoms with Crippen LogP contribution in [0.25, 0.3) is 97.1 Å². The molecular formula is C52H31NO2S. The minimum absolute atomic E-state index is 0.865. The van der Waals surface area contributed by atoms with Crippen molar-refractivity contribution in [3.8, 4) is 22.3 Å². The Morgan fingerprint density at radius 1 is 0.375 bits per heavy atom. The van der Waals surface area contributed by atoms with Crippen molar-refractivity contribution in [3.05, 3.63) is 188 Å². The van der Waals surface area contributed by atoms with Crippen LogP contribution in [-0.4, -0.2) is 0 Å². The lowest BCUT2D eigenvalue weighted by Gasteiger charge is -2.26. The molecule has 0 saturated carbocycles. The molecule has 12 aromatic rings. The summed E-state index contributed by atoms with van der Waals surface area (Å²) in [6, 6.07) is 67.2. The van der Waals surface area contributed by atoms with Crippen molar-refractivity contribution in [1.29, 1.82) is 0 Å². The lowest BCUT2D eigenvalue weighted by atomic mass is 9.98. The predicted molar refractivity (Wildman–Crippen MR) is 237 cm³/mol. The van der Waals surface area contributed by atoms with E-state index in [0.29, 0.717) is 0 Å². The molecule has 0 saturated heterocycles. The number of furan rings is 2. The number of hydrogen-bond acceptors (Lipinski definition) is 4. The highest BCUT2D eigenvalue weighted by atomic mass is 32.1. The first kappa shape index (κ1) is 31.2. The minimum Gasteiger partial charge on any atom is -0.456 e. The van der Waals surface area contributed by atoms with Crippen LogP contribution in [0.4, 0.5) is 17.1 Å². The average Bonchev–Trinajstić information content (AvgIpc) is 3.96. The third-order valence-electron chi connectivity index (χ3n) is 11.3. The summed E-state index contributed by atoms with van der Waals surface area (Å²) in [5.41, 5.74) is 11.5. The summed E-state index contributed by atoms with van der Waals surface area (Å²) in [6.07, 6.45) is 0. The van der Waals surface area contributed by atoms with Crippen LogP contribution in [0.1, 0.15) is 0 Å². The predicted octanol–water partition coefficient (Wildman–Crippen LogP) is 15.8. The molecule has 0 amide bonds. The standard InChI is InChI=1S/C52H31NO2S/c1-2-10-39-32(9-1)23-29-45-50-38(13-8-17-47(50)55-51(39)45)33-19-24-35(25-20-33)53(37-28-30-42-41-11-3-5-16-46(41)54-48(42)31-37)36-26-21-34(22-27-36)40-14-7-15-44-43-12-4-6-18-49(43)56-52(40)44/h1-31H. The second-order valence-corrected chi connectivity index (χ2v) is 15.5. The second-order valence-electron chi connectivity index (χ2n) is 14.4. The number of fused-ring (bicyclic) bond motifs is 11. The van der Waals surface area contributed by atoms with Crippen LogP contribution >= 0.6 is 11.3 Å². The van der Waals surface area contributed by atoms with Gasteiger partial charge in [0.1, 0.15) is 22.3 Å². The fourth-order valence-electron chi connectivity index (χ4n) is 8.65. The van der Waals surface area contributed by atoms with Crippen molar-refractivity contribution in [2.45, 2.75) is 0 Å². The third-order valence-corrected chi connectivity index (χ3v) is 12.5. The first-order valence-electron chi connectivity index (χ1n) is 18.9. The van der Waals surface area contributed by atoms with Crippen molar-refractivity contribution in [2.24, 2.45) is 0 Å². The number of hydrogen-bond donors (Lipinski definition) is 0. The molecular weight excluding hydrogens is 703 g/mol. The van der Waals surface area contributed by atoms with Crippen LogP contribution in [0.5, 0.6) is 0 Å². The average molecular weight is 734 g/mol. The number of thiophene rings is 1. The van der Waals surface area contributed by atoms with Crippen molar-refractivity contribution in [2.75, 3.05) is 4.90 Å². The SMILES string of the molecule is c1ccc2c(c1)ccc1c2oc2cccc(-c3ccc(N(c4ccc(-c5cccc6c5sc5ccccc56)cc4)c4ccc5c(c4)oc4ccccc45)cc3)c21. The molecule has 3 heterocycles. The Morgan fingerprint density at radius 2 is 0.982 bits per heavy atom. The van der Waals surface area contributed by atoms with Crippen LogP contribution in [-0.2, 0) is 0 Å². The summed E-state index contributed by atoms with van der Waals surface area (Å²) in [7, 11) is 0. The molecule has 0 spiro atoms. The highest BCUT2D eigenvalue weighted by molar-refractivity contribution is 7.26. The number of nitrogens with zero attached hydrogens (tertiary/aromatic N) is 1. The largest absolute Gasteiger partial charge is 0.456 e. The van der Waals surface area contributed by atoms with E-state index in [-0.39, 0.29) is 0 Å². The quantitative estimate of drug-likeness (QED) is 0.176. The van der Waals surface area contributed by atoms with E-state index in [2.05, 4.69) is 181 Å². The fourth-order valence-corrected chi connectivity index (χ4v) is 9.89. The molecule has 0 unspecified atom stereocenters. The maximum absolute atomic E-state index is 6.53. The van der Waals surface area contributed by atoms with Gasteiger partial charge in [-0.25, -0.2) is 0 Å². The van der Waals surface area contributed by atoms with Gasteiger partial charge < -0.3 is 13.7 Å². The Bertz CT molecular complexity index is 3480. The first-order chi connectivity index (χ1) is 27.7. The molecule has 0 bridgehead atoms. The van der Waals surface area contributed by atoms with Crippen molar-refractivity contribution in [1.82, 2.24) is 0 Å². The molecule has 262 valence electrons. The fraction of sp³-hybridized carbons (Fsp3) is 0. The van der Waals surface area contributed by atoms with E-state index in [1.807, 2.05) is 23.5 Å². The Kier molecular flexibility index (Phi) is 6.80. The summed E-state index contributed by atoms with van der Waals surface area (Å²) in [6.45, 7) is 0. The first-order valence-corrected chi connectivity index (χ1v) is 19.7. The van der Waals surface area contributed by atoms with E-state index in [9.17, 15) is 0 Å². The lowest BCUT2D eigenvalue weighted by molar-refractivity contribution is 0.669. The highest BCUT2D eigenvalue weighted by Crippen LogP contribution is 2.44. The van der Waals surface area contributed by atoms with Gasteiger partial charge in [0.2, 0.25) is 0 Å². The van der Waals surface area contributed by atoms with Gasteiger partial charge in [-0.05, 0) is 88.3 Å². The number of para-hydroxylation sites is 1. The minimum atomic E-state index is 0.865. The van der Waals surface area contributed by atoms with Crippen LogP contribution < -0.4 is 4.90 Å². The highest BCUT2D eigenvalue weighted by Gasteiger charge is 2.19. The maximum atomic E-state index is 6.53. The molecule has 0 atom stereocenters. The summed E-state index contributed by atoms with van der Waals surface area (Å²) in [5.74, 6) is 0. The molecule has 0 radical (unpaired) electrons. The van der Waals surface area contributed by atoms with Crippen molar-refractivity contribution in [3.63, 3.8) is 0 Å². The van der Waals surface area contributed by atoms with Crippen molar-refractivity contribution >= 4 is 103 Å². The molecule has 0 fully saturated rings. The van der Waals surface area contributed by atoms with Gasteiger partial charge in [-0.1, -0.05) is 121 Å². The molecule has 9 aromatic carbocycles. The van der Waals surface area contributed by atoms with Crippen LogP contribution in [0, 0.1) is 0 Å². The number of rotatable bonds is 5. The Labute approximate surface area is 325 Å². The van der Waals surface area contributed by atoms with E-state index in [1.54, 1.807) is 0 Å². The molecule has 12 rings (SSSR count). The van der Waals surface area contributed by atoms with Crippen LogP contribution in [0.2, 0.25) is 0 Å². The zero-order chi connectivity index (χ0) is 36.7. The van der Waals surface area contributed by atoms with Gasteiger partial charge in [-0.2, -0.15) is 0 Å². The summed E-state index contributed by atoms with van der Waals surface area (Å²) < 4.78 is 15.6. The Hall–Kier alpha value is -7.14. The van der Waals surface area contributed by atoms with Gasteiger partial charge in [-0.3, -0.25) is 0 Å². The summed E-state index contributed by atoms with van der Waals surface area (Å²) >= 11 is 1.86. The van der Waals surface area contributed by atoms with Gasteiger partial charge in [0, 0.05) is 70.2 Å². The Balaban J connectivity index is 0.986. The summed E-state index contributed by atoms with van der Waals surface area (Å²) in [4.78, 5) is 2.32. The van der Waals surface area contributed by atoms with Gasteiger partial charge in [0.15, 0.2) is 0 Å². The van der Waals surface area contributed by atoms with E-state index in [4.69, 9.17) is 8.83 Å². The van der Waals surface area contributed by atoms with Crippen LogP contribution in [0.15, 0.2) is 197 Å². The maximum Gasteiger partial charge on any atom is 0.143 e. The van der Waals surface area contributed by atoms with Gasteiger partial charge >= 0.3 is 0 Å². The van der Waals surface area contributed by atoms with E-state index in [0.717, 1.165) is 77.5 Å². The third kappa shape index (κ3) is 4.76.